The van der Waals surface area contributed by atoms with Crippen molar-refractivity contribution in [3.8, 4) is 0 Å². The van der Waals surface area contributed by atoms with E-state index in [1.807, 2.05) is 0 Å². The van der Waals surface area contributed by atoms with Crippen molar-refractivity contribution in [2.45, 2.75) is 0 Å². The van der Waals surface area contributed by atoms with Crippen LogP contribution in [0, 0.1) is 0 Å². The van der Waals surface area contributed by atoms with E-state index in [0.29, 0.717) is 0 Å². The van der Waals surface area contributed by atoms with E-state index in [9.17, 15) is 0 Å². The number of nitrogens with zero attached hydrogens (tertiary/aromatic N) is 2. The van der Waals surface area contributed by atoms with E-state index in [2.05, 4.69) is 22.1 Å². The summed E-state index contributed by atoms with van der Waals surface area (Å²) in [6, 6.07) is 0. The Morgan fingerprint density at radius 1 is 1.00 bits per heavy atom. The van der Waals surface area contributed by atoms with Crippen molar-refractivity contribution in [2.24, 2.45) is 22.1 Å². The molecular formula is H5ClN4. The Balaban J connectivity index is 0. The zero-order chi connectivity index (χ0) is 3.41. The van der Waals surface area contributed by atoms with Crippen LogP contribution in [0.15, 0.2) is 10.4 Å². The van der Waals surface area contributed by atoms with E-state index in [1.165, 1.54) is 0 Å². The average molecular weight is 96.5 g/mol. The summed E-state index contributed by atoms with van der Waals surface area (Å²) in [5.41, 5.74) is 0. The Labute approximate surface area is 35.6 Å². The first-order valence-corrected chi connectivity index (χ1v) is 0.716. The highest BCUT2D eigenvalue weighted by Crippen LogP contribution is 1.32. The fourth-order valence-corrected chi connectivity index (χ4v) is 0. The Morgan fingerprint density at radius 2 is 1.20 bits per heavy atom. The van der Waals surface area contributed by atoms with Gasteiger partial charge < -0.3 is 11.7 Å². The molecule has 0 aliphatic rings. The smallest absolute Gasteiger partial charge is 0.0594 e. The zero-order valence-corrected chi connectivity index (χ0v) is 3.27. The molecule has 32 valence electrons. The van der Waals surface area contributed by atoms with E-state index in [0.717, 1.165) is 0 Å². The summed E-state index contributed by atoms with van der Waals surface area (Å²) in [5.74, 6) is 8.72. The molecule has 4 nitrogen and oxygen atoms in total. The zero-order valence-electron chi connectivity index (χ0n) is 2.46. The van der Waals surface area contributed by atoms with Crippen molar-refractivity contribution in [1.29, 1.82) is 0 Å². The van der Waals surface area contributed by atoms with Crippen LogP contribution in [0.5, 0.6) is 0 Å². The normalized spacial score (nSPS) is 7.20. The molecule has 4 N–H and O–H groups in total. The van der Waals surface area contributed by atoms with Gasteiger partial charge in [0.05, 0.1) is 0 Å². The summed E-state index contributed by atoms with van der Waals surface area (Å²) in [5, 5.41) is 5.28. The van der Waals surface area contributed by atoms with Crippen LogP contribution < -0.4 is 11.7 Å². The van der Waals surface area contributed by atoms with Gasteiger partial charge in [-0.15, -0.1) is 12.4 Å². The van der Waals surface area contributed by atoms with Crippen LogP contribution in [0.1, 0.15) is 0 Å². The van der Waals surface area contributed by atoms with Crippen molar-refractivity contribution >= 4 is 12.4 Å². The third-order valence-corrected chi connectivity index (χ3v) is 0.0667. The van der Waals surface area contributed by atoms with E-state index in [1.54, 1.807) is 0 Å². The molecule has 0 aliphatic heterocycles. The van der Waals surface area contributed by atoms with Gasteiger partial charge in [0, 0.05) is 0 Å². The minimum atomic E-state index is 0. The Bertz CT molecular complexity index is 18.8. The van der Waals surface area contributed by atoms with Crippen LogP contribution >= 0.6 is 12.4 Å². The van der Waals surface area contributed by atoms with Crippen molar-refractivity contribution in [3.63, 3.8) is 0 Å². The molecule has 0 saturated heterocycles. The minimum absolute atomic E-state index is 0. The Kier molecular flexibility index (Phi) is 17.2. The Morgan fingerprint density at radius 3 is 1.20 bits per heavy atom. The number of hydrogen-bond acceptors (Lipinski definition) is 2. The van der Waals surface area contributed by atoms with Crippen molar-refractivity contribution in [2.75, 3.05) is 0 Å². The number of halogens is 1. The molecule has 0 radical (unpaired) electrons. The SMILES string of the molecule is Cl.NN=NN. The van der Waals surface area contributed by atoms with Crippen molar-refractivity contribution in [1.82, 2.24) is 0 Å². The summed E-state index contributed by atoms with van der Waals surface area (Å²) >= 11 is 0. The number of hydrogen-bond donors (Lipinski definition) is 2. The monoisotopic (exact) mass is 96.0 g/mol. The van der Waals surface area contributed by atoms with Gasteiger partial charge in [-0.1, -0.05) is 10.4 Å². The molecule has 0 rings (SSSR count). The van der Waals surface area contributed by atoms with Gasteiger partial charge in [0.2, 0.25) is 0 Å². The molecule has 5 heteroatoms. The highest BCUT2D eigenvalue weighted by atomic mass is 35.5. The van der Waals surface area contributed by atoms with Crippen LogP contribution in [0.4, 0.5) is 0 Å². The molecule has 0 amide bonds. The predicted molar refractivity (Wildman–Crippen MR) is 20.5 cm³/mol. The lowest BCUT2D eigenvalue weighted by Crippen LogP contribution is -1.80. The van der Waals surface area contributed by atoms with Gasteiger partial charge in [-0.3, -0.25) is 0 Å². The summed E-state index contributed by atoms with van der Waals surface area (Å²) in [7, 11) is 0. The minimum Gasteiger partial charge on any atom is -0.303 e. The summed E-state index contributed by atoms with van der Waals surface area (Å²) in [6.07, 6.45) is 0. The summed E-state index contributed by atoms with van der Waals surface area (Å²) < 4.78 is 0. The maximum atomic E-state index is 4.36. The van der Waals surface area contributed by atoms with E-state index in [4.69, 9.17) is 0 Å². The van der Waals surface area contributed by atoms with Crippen LogP contribution in [0.3, 0.4) is 0 Å². The summed E-state index contributed by atoms with van der Waals surface area (Å²) in [6.45, 7) is 0. The second-order valence-electron chi connectivity index (χ2n) is 0.231. The highest BCUT2D eigenvalue weighted by molar-refractivity contribution is 5.85. The van der Waals surface area contributed by atoms with Crippen molar-refractivity contribution < 1.29 is 0 Å². The van der Waals surface area contributed by atoms with Crippen molar-refractivity contribution in [3.05, 3.63) is 0 Å². The number of rotatable bonds is 0. The fraction of sp³-hybridized carbons (Fsp3) is 0. The molecular weight excluding hydrogens is 91.5 g/mol. The van der Waals surface area contributed by atoms with Crippen LogP contribution in [-0.2, 0) is 0 Å². The predicted octanol–water partition coefficient (Wildman–Crippen LogP) is -0.392. The van der Waals surface area contributed by atoms with E-state index < -0.39 is 0 Å². The molecule has 0 aromatic rings. The summed E-state index contributed by atoms with van der Waals surface area (Å²) in [4.78, 5) is 0. The standard InChI is InChI=1S/ClH.H4N4/c;1-3-4-2/h1H;(H2,1,4)(H2,2,3). The molecule has 0 heterocycles. The lowest BCUT2D eigenvalue weighted by molar-refractivity contribution is 0.956. The molecule has 0 atom stereocenters. The van der Waals surface area contributed by atoms with Gasteiger partial charge in [0.25, 0.3) is 0 Å². The molecule has 5 heavy (non-hydrogen) atoms. The molecule has 0 aromatic carbocycles. The first kappa shape index (κ1) is 8.82. The maximum absolute atomic E-state index is 4.36. The maximum Gasteiger partial charge on any atom is -0.0594 e. The topological polar surface area (TPSA) is 76.8 Å². The van der Waals surface area contributed by atoms with Crippen LogP contribution in [0.25, 0.3) is 0 Å². The third kappa shape index (κ3) is 32.3. The Hall–Kier alpha value is -0.510. The molecule has 0 unspecified atom stereocenters. The fourth-order valence-electron chi connectivity index (χ4n) is 0. The second-order valence-corrected chi connectivity index (χ2v) is 0.231. The molecule has 0 saturated carbocycles. The first-order valence-electron chi connectivity index (χ1n) is 0.716. The quantitative estimate of drug-likeness (QED) is 0.245. The second kappa shape index (κ2) is 9.75. The van der Waals surface area contributed by atoms with Gasteiger partial charge in [0.15, 0.2) is 0 Å². The molecule has 0 spiro atoms. The molecule has 0 aromatic heterocycles. The van der Waals surface area contributed by atoms with E-state index >= 15 is 0 Å². The highest BCUT2D eigenvalue weighted by Gasteiger charge is 1.28. The van der Waals surface area contributed by atoms with Crippen LogP contribution in [-0.4, -0.2) is 0 Å². The van der Waals surface area contributed by atoms with E-state index in [-0.39, 0.29) is 12.4 Å². The first-order chi connectivity index (χ1) is 1.91. The van der Waals surface area contributed by atoms with Gasteiger partial charge in [-0.05, 0) is 0 Å². The number of nitrogens with two attached hydrogens (primary N) is 2. The molecule has 0 fully saturated rings. The van der Waals surface area contributed by atoms with Crippen LogP contribution in [0.2, 0.25) is 0 Å². The van der Waals surface area contributed by atoms with Gasteiger partial charge in [0.1, 0.15) is 0 Å². The lowest BCUT2D eigenvalue weighted by atomic mass is 12.6. The third-order valence-electron chi connectivity index (χ3n) is 0.0667. The lowest BCUT2D eigenvalue weighted by Gasteiger charge is -1.56. The molecule has 0 bridgehead atoms. The van der Waals surface area contributed by atoms with Gasteiger partial charge >= 0.3 is 0 Å². The van der Waals surface area contributed by atoms with Gasteiger partial charge in [-0.25, -0.2) is 0 Å². The molecule has 0 aliphatic carbocycles. The van der Waals surface area contributed by atoms with Gasteiger partial charge in [-0.2, -0.15) is 0 Å². The largest absolute Gasteiger partial charge is 0.303 e. The average Bonchev–Trinajstić information content (AvgIpc) is 1.37.